The summed E-state index contributed by atoms with van der Waals surface area (Å²) in [7, 11) is 0. The zero-order chi connectivity index (χ0) is 18.7. The van der Waals surface area contributed by atoms with E-state index in [2.05, 4.69) is 0 Å². The lowest BCUT2D eigenvalue weighted by Gasteiger charge is -2.15. The van der Waals surface area contributed by atoms with Crippen molar-refractivity contribution in [3.05, 3.63) is 81.4 Å². The fourth-order valence-corrected chi connectivity index (χ4v) is 3.64. The second kappa shape index (κ2) is 5.41. The Hall–Kier alpha value is -3.67. The molecule has 0 atom stereocenters. The third kappa shape index (κ3) is 2.16. The normalized spacial score (nSPS) is 13.7. The molecule has 0 saturated heterocycles. The van der Waals surface area contributed by atoms with Crippen molar-refractivity contribution in [3.63, 3.8) is 0 Å². The number of fused-ring (bicyclic) bond motifs is 3. The summed E-state index contributed by atoms with van der Waals surface area (Å²) in [6, 6.07) is 11.8. The number of rotatable bonds is 2. The average molecular weight is 359 g/mol. The van der Waals surface area contributed by atoms with E-state index in [1.165, 1.54) is 12.3 Å². The van der Waals surface area contributed by atoms with Gasteiger partial charge in [-0.15, -0.1) is 0 Å². The molecule has 0 unspecified atom stereocenters. The van der Waals surface area contributed by atoms with Gasteiger partial charge in [0.1, 0.15) is 11.2 Å². The van der Waals surface area contributed by atoms with Crippen molar-refractivity contribution in [1.82, 2.24) is 4.90 Å². The number of hydrogen-bond donors (Lipinski definition) is 0. The van der Waals surface area contributed by atoms with Crippen molar-refractivity contribution in [3.8, 4) is 0 Å². The zero-order valence-corrected chi connectivity index (χ0v) is 14.3. The number of furan rings is 1. The van der Waals surface area contributed by atoms with Crippen LogP contribution in [0.15, 0.2) is 62.4 Å². The highest BCUT2D eigenvalue weighted by atomic mass is 16.4. The van der Waals surface area contributed by atoms with Gasteiger partial charge in [0.05, 0.1) is 29.5 Å². The van der Waals surface area contributed by atoms with Gasteiger partial charge in [0.15, 0.2) is 0 Å². The van der Waals surface area contributed by atoms with E-state index in [9.17, 15) is 14.4 Å². The molecule has 0 aliphatic carbocycles. The summed E-state index contributed by atoms with van der Waals surface area (Å²) in [6.45, 7) is 1.77. The van der Waals surface area contributed by atoms with E-state index in [4.69, 9.17) is 8.83 Å². The molecule has 0 fully saturated rings. The summed E-state index contributed by atoms with van der Waals surface area (Å²) in [4.78, 5) is 38.6. The maximum absolute atomic E-state index is 12.7. The van der Waals surface area contributed by atoms with E-state index in [0.29, 0.717) is 27.9 Å². The molecular weight excluding hydrogens is 346 g/mol. The average Bonchev–Trinajstić information content (AvgIpc) is 3.21. The first-order chi connectivity index (χ1) is 13.0. The van der Waals surface area contributed by atoms with Crippen LogP contribution in [0.3, 0.4) is 0 Å². The number of benzene rings is 2. The Balaban J connectivity index is 1.73. The molecule has 3 heterocycles. The van der Waals surface area contributed by atoms with Gasteiger partial charge >= 0.3 is 5.63 Å². The van der Waals surface area contributed by atoms with Crippen molar-refractivity contribution in [2.75, 3.05) is 0 Å². The Kier molecular flexibility index (Phi) is 3.12. The van der Waals surface area contributed by atoms with Gasteiger partial charge in [0.2, 0.25) is 0 Å². The van der Waals surface area contributed by atoms with Gasteiger partial charge in [-0.25, -0.2) is 4.79 Å². The molecule has 4 aromatic rings. The molecule has 27 heavy (non-hydrogen) atoms. The van der Waals surface area contributed by atoms with E-state index in [-0.39, 0.29) is 18.4 Å². The van der Waals surface area contributed by atoms with E-state index in [1.54, 1.807) is 30.3 Å². The number of carbonyl (C=O) groups is 2. The maximum atomic E-state index is 12.7. The predicted octanol–water partition coefficient (Wildman–Crippen LogP) is 3.64. The number of nitrogens with zero attached hydrogens (tertiary/aromatic N) is 1. The molecule has 1 aliphatic rings. The molecular formula is C21H13NO5. The van der Waals surface area contributed by atoms with Crippen molar-refractivity contribution in [1.29, 1.82) is 0 Å². The minimum absolute atomic E-state index is 0.0416. The molecule has 0 spiro atoms. The van der Waals surface area contributed by atoms with Crippen LogP contribution in [0.1, 0.15) is 31.8 Å². The van der Waals surface area contributed by atoms with Crippen LogP contribution in [0, 0.1) is 6.92 Å². The first-order valence-electron chi connectivity index (χ1n) is 8.43. The van der Waals surface area contributed by atoms with Gasteiger partial charge in [-0.1, -0.05) is 12.1 Å². The van der Waals surface area contributed by atoms with Crippen molar-refractivity contribution < 1.29 is 18.4 Å². The summed E-state index contributed by atoms with van der Waals surface area (Å²) in [5.74, 6) is -0.746. The summed E-state index contributed by atoms with van der Waals surface area (Å²) in [5, 5.41) is 1.56. The standard InChI is InChI=1S/C21H13NO5/c1-11-8-17(23)27-19-15(11)9-12-6-7-26-18(12)16(19)10-22-20(24)13-4-2-3-5-14(13)21(22)25/h2-9H,10H2,1H3. The second-order valence-corrected chi connectivity index (χ2v) is 6.56. The molecule has 1 aliphatic heterocycles. The topological polar surface area (TPSA) is 80.7 Å². The van der Waals surface area contributed by atoms with Crippen molar-refractivity contribution >= 4 is 33.8 Å². The fraction of sp³-hybridized carbons (Fsp3) is 0.0952. The minimum Gasteiger partial charge on any atom is -0.464 e. The molecule has 0 radical (unpaired) electrons. The van der Waals surface area contributed by atoms with Gasteiger partial charge < -0.3 is 8.83 Å². The molecule has 0 N–H and O–H groups in total. The largest absolute Gasteiger partial charge is 0.464 e. The SMILES string of the molecule is Cc1cc(=O)oc2c(CN3C(=O)c4ccccc4C3=O)c3occc3cc12. The molecule has 5 rings (SSSR count). The molecule has 2 aromatic carbocycles. The van der Waals surface area contributed by atoms with Gasteiger partial charge in [0, 0.05) is 16.8 Å². The number of imide groups is 1. The molecule has 6 nitrogen and oxygen atoms in total. The Bertz CT molecular complexity index is 1290. The second-order valence-electron chi connectivity index (χ2n) is 6.56. The van der Waals surface area contributed by atoms with E-state index >= 15 is 0 Å². The van der Waals surface area contributed by atoms with Crippen LogP contribution in [0.5, 0.6) is 0 Å². The molecule has 2 aromatic heterocycles. The van der Waals surface area contributed by atoms with Crippen molar-refractivity contribution in [2.45, 2.75) is 13.5 Å². The lowest BCUT2D eigenvalue weighted by atomic mass is 10.0. The number of amides is 2. The predicted molar refractivity (Wildman–Crippen MR) is 97.6 cm³/mol. The van der Waals surface area contributed by atoms with Crippen LogP contribution in [-0.4, -0.2) is 16.7 Å². The monoisotopic (exact) mass is 359 g/mol. The minimum atomic E-state index is -0.491. The van der Waals surface area contributed by atoms with Gasteiger partial charge in [-0.3, -0.25) is 14.5 Å². The first kappa shape index (κ1) is 15.6. The molecule has 0 saturated carbocycles. The Morgan fingerprint density at radius 2 is 1.63 bits per heavy atom. The van der Waals surface area contributed by atoms with Crippen LogP contribution in [0.2, 0.25) is 0 Å². The fourth-order valence-electron chi connectivity index (χ4n) is 3.64. The number of carbonyl (C=O) groups excluding carboxylic acids is 2. The van der Waals surface area contributed by atoms with Crippen LogP contribution < -0.4 is 5.63 Å². The third-order valence-corrected chi connectivity index (χ3v) is 4.94. The van der Waals surface area contributed by atoms with Crippen LogP contribution in [-0.2, 0) is 6.54 Å². The van der Waals surface area contributed by atoms with Crippen molar-refractivity contribution in [2.24, 2.45) is 0 Å². The summed E-state index contributed by atoms with van der Waals surface area (Å²) >= 11 is 0. The van der Waals surface area contributed by atoms with E-state index in [1.807, 2.05) is 13.0 Å². The Labute approximate surface area is 152 Å². The van der Waals surface area contributed by atoms with E-state index in [0.717, 1.165) is 21.2 Å². The van der Waals surface area contributed by atoms with Gasteiger partial charge in [-0.2, -0.15) is 0 Å². The Morgan fingerprint density at radius 1 is 0.926 bits per heavy atom. The van der Waals surface area contributed by atoms with Crippen LogP contribution in [0.4, 0.5) is 0 Å². The summed E-state index contributed by atoms with van der Waals surface area (Å²) in [6.07, 6.45) is 1.53. The summed E-state index contributed by atoms with van der Waals surface area (Å²) < 4.78 is 11.0. The molecule has 0 bridgehead atoms. The Morgan fingerprint density at radius 3 is 2.33 bits per heavy atom. The van der Waals surface area contributed by atoms with Crippen LogP contribution in [0.25, 0.3) is 21.9 Å². The highest BCUT2D eigenvalue weighted by Gasteiger charge is 2.36. The number of aryl methyl sites for hydroxylation is 1. The van der Waals surface area contributed by atoms with Gasteiger partial charge in [-0.05, 0) is 36.8 Å². The maximum Gasteiger partial charge on any atom is 0.336 e. The quantitative estimate of drug-likeness (QED) is 0.403. The van der Waals surface area contributed by atoms with E-state index < -0.39 is 5.63 Å². The first-order valence-corrected chi connectivity index (χ1v) is 8.43. The highest BCUT2D eigenvalue weighted by molar-refractivity contribution is 6.21. The summed E-state index contributed by atoms with van der Waals surface area (Å²) in [5.41, 5.74) is 2.34. The zero-order valence-electron chi connectivity index (χ0n) is 14.3. The molecule has 6 heteroatoms. The van der Waals surface area contributed by atoms with Crippen LogP contribution >= 0.6 is 0 Å². The molecule has 2 amide bonds. The smallest absolute Gasteiger partial charge is 0.336 e. The highest BCUT2D eigenvalue weighted by Crippen LogP contribution is 2.33. The lowest BCUT2D eigenvalue weighted by Crippen LogP contribution is -2.29. The number of hydrogen-bond acceptors (Lipinski definition) is 5. The molecule has 132 valence electrons. The third-order valence-electron chi connectivity index (χ3n) is 4.94. The lowest BCUT2D eigenvalue weighted by molar-refractivity contribution is 0.0643. The van der Waals surface area contributed by atoms with Gasteiger partial charge in [0.25, 0.3) is 11.8 Å².